The molecule has 8 aliphatic carbocycles. The molecule has 0 aromatic rings. The largest absolute Gasteiger partial charge is 0.393 e. The Labute approximate surface area is 325 Å². The molecule has 0 bridgehead atoms. The molecule has 292 valence electrons. The van der Waals surface area contributed by atoms with E-state index in [1.54, 1.807) is 0 Å². The van der Waals surface area contributed by atoms with Crippen LogP contribution in [0, 0.1) is 57.2 Å². The minimum Gasteiger partial charge on any atom is -0.393 e. The highest BCUT2D eigenvalue weighted by Crippen LogP contribution is 2.68. The summed E-state index contributed by atoms with van der Waals surface area (Å²) in [5, 5.41) is 64.4. The molecule has 12 heteroatoms. The van der Waals surface area contributed by atoms with Gasteiger partial charge in [-0.3, -0.25) is 19.2 Å². The predicted molar refractivity (Wildman–Crippen MR) is 200 cm³/mol. The lowest BCUT2D eigenvalue weighted by Crippen LogP contribution is -2.61. The molecule has 54 heavy (non-hydrogen) atoms. The molecule has 4 fully saturated rings. The lowest BCUT2D eigenvalue weighted by atomic mass is 9.48. The van der Waals surface area contributed by atoms with Crippen LogP contribution in [0.3, 0.4) is 0 Å². The third-order valence-corrected chi connectivity index (χ3v) is 16.4. The maximum absolute atomic E-state index is 12.4. The van der Waals surface area contributed by atoms with Crippen molar-refractivity contribution in [3.63, 3.8) is 0 Å². The molecule has 10 nitrogen and oxygen atoms in total. The summed E-state index contributed by atoms with van der Waals surface area (Å²) in [5.74, 6) is -2.16. The molecule has 4 saturated carbocycles. The number of aliphatic hydroxyl groups is 6. The fourth-order valence-electron chi connectivity index (χ4n) is 12.9. The van der Waals surface area contributed by atoms with Gasteiger partial charge in [0.15, 0.2) is 23.1 Å². The van der Waals surface area contributed by atoms with Gasteiger partial charge in [0.25, 0.3) is 0 Å². The first-order valence-corrected chi connectivity index (χ1v) is 19.7. The zero-order valence-corrected chi connectivity index (χ0v) is 32.5. The van der Waals surface area contributed by atoms with Crippen LogP contribution in [0.1, 0.15) is 66.2 Å². The van der Waals surface area contributed by atoms with E-state index in [4.69, 9.17) is 23.2 Å². The number of carbonyl (C=O) groups excluding carboxylic acids is 4. The summed E-state index contributed by atoms with van der Waals surface area (Å²) in [6.45, 7) is 6.23. The van der Waals surface area contributed by atoms with E-state index in [2.05, 4.69) is 0 Å². The molecule has 0 radical (unpaired) electrons. The molecule has 0 aromatic carbocycles. The number of hydrogen-bond donors (Lipinski definition) is 6. The first-order chi connectivity index (χ1) is 25.2. The molecule has 0 saturated heterocycles. The molecule has 0 aliphatic heterocycles. The van der Waals surface area contributed by atoms with Crippen LogP contribution in [0.4, 0.5) is 0 Å². The summed E-state index contributed by atoms with van der Waals surface area (Å²) in [4.78, 5) is 48.5. The van der Waals surface area contributed by atoms with Crippen molar-refractivity contribution in [3.05, 3.63) is 69.8 Å². The highest BCUT2D eigenvalue weighted by Gasteiger charge is 2.69. The second-order valence-corrected chi connectivity index (χ2v) is 18.8. The molecule has 8 rings (SSSR count). The fraction of sp³-hybridized carbons (Fsp3) is 0.619. The smallest absolute Gasteiger partial charge is 0.190 e. The van der Waals surface area contributed by atoms with E-state index in [0.29, 0.717) is 22.9 Å². The number of fused-ring (bicyclic) bond motifs is 10. The molecule has 14 atom stereocenters. The minimum absolute atomic E-state index is 0.0513. The van der Waals surface area contributed by atoms with E-state index in [0.717, 1.165) is 11.1 Å². The Morgan fingerprint density at radius 1 is 0.685 bits per heavy atom. The van der Waals surface area contributed by atoms with Crippen molar-refractivity contribution in [2.45, 2.75) is 89.6 Å². The quantitative estimate of drug-likeness (QED) is 0.245. The van der Waals surface area contributed by atoms with E-state index < -0.39 is 69.9 Å². The summed E-state index contributed by atoms with van der Waals surface area (Å²) >= 11 is 13.1. The van der Waals surface area contributed by atoms with Gasteiger partial charge in [0.1, 0.15) is 24.4 Å². The lowest BCUT2D eigenvalue weighted by Gasteiger charge is -2.58. The topological polar surface area (TPSA) is 190 Å². The molecule has 8 aliphatic rings. The summed E-state index contributed by atoms with van der Waals surface area (Å²) in [6, 6.07) is 0. The summed E-state index contributed by atoms with van der Waals surface area (Å²) < 4.78 is 0. The number of ketones is 4. The number of Topliss-reactive ketones (excluding diaryl/α,β-unsaturated/α-hetero) is 2. The second kappa shape index (κ2) is 13.0. The standard InChI is InChI=1S/2C21H25ClO5/c2*1-19-5-3-11(24)7-14(19)15(22)8-12-13-4-6-21(27,17(26)10-23)20(13,2)9-16(25)18(12)19/h2*3,5,7-8,12-13,16,18,23,25,27H,4,6,9-10H2,1-2H3/t2*12-,13-,16-,18+,19-,20-,21-/m00/s1. The Balaban J connectivity index is 0.000000167. The van der Waals surface area contributed by atoms with E-state index >= 15 is 0 Å². The van der Waals surface area contributed by atoms with E-state index in [9.17, 15) is 49.8 Å². The van der Waals surface area contributed by atoms with Gasteiger partial charge in [0.05, 0.1) is 12.2 Å². The molecule has 0 amide bonds. The first-order valence-electron chi connectivity index (χ1n) is 18.9. The van der Waals surface area contributed by atoms with Crippen LogP contribution in [0.5, 0.6) is 0 Å². The van der Waals surface area contributed by atoms with Crippen molar-refractivity contribution >= 4 is 46.3 Å². The number of rotatable bonds is 4. The minimum atomic E-state index is -1.64. The maximum Gasteiger partial charge on any atom is 0.190 e. The van der Waals surface area contributed by atoms with Gasteiger partial charge in [-0.05, 0) is 97.6 Å². The molecule has 6 N–H and O–H groups in total. The van der Waals surface area contributed by atoms with Crippen LogP contribution >= 0.6 is 23.2 Å². The Morgan fingerprint density at radius 3 is 1.37 bits per heavy atom. The Hall–Kier alpha value is -2.54. The fourth-order valence-corrected chi connectivity index (χ4v) is 13.7. The third-order valence-electron chi connectivity index (χ3n) is 15.7. The Bertz CT molecular complexity index is 1760. The van der Waals surface area contributed by atoms with Crippen LogP contribution in [-0.2, 0) is 19.2 Å². The zero-order chi connectivity index (χ0) is 39.6. The van der Waals surface area contributed by atoms with Crippen molar-refractivity contribution < 1.29 is 49.8 Å². The number of carbonyl (C=O) groups is 4. The molecule has 0 heterocycles. The summed E-state index contributed by atoms with van der Waals surface area (Å²) in [7, 11) is 0. The number of halogens is 2. The third kappa shape index (κ3) is 5.20. The van der Waals surface area contributed by atoms with Gasteiger partial charge in [0.2, 0.25) is 0 Å². The highest BCUT2D eigenvalue weighted by molar-refractivity contribution is 6.33. The van der Waals surface area contributed by atoms with Gasteiger partial charge >= 0.3 is 0 Å². The monoisotopic (exact) mass is 784 g/mol. The predicted octanol–water partition coefficient (Wildman–Crippen LogP) is 3.80. The normalized spacial score (nSPS) is 48.3. The molecule has 0 unspecified atom stereocenters. The summed E-state index contributed by atoms with van der Waals surface area (Å²) in [6.07, 6.45) is 14.3. The number of hydrogen-bond acceptors (Lipinski definition) is 10. The van der Waals surface area contributed by atoms with Crippen LogP contribution in [-0.4, -0.2) is 90.4 Å². The van der Waals surface area contributed by atoms with Crippen LogP contribution in [0.2, 0.25) is 0 Å². The van der Waals surface area contributed by atoms with Gasteiger partial charge in [-0.1, -0.05) is 75.2 Å². The van der Waals surface area contributed by atoms with Crippen molar-refractivity contribution in [3.8, 4) is 0 Å². The number of aliphatic hydroxyl groups excluding tert-OH is 4. The van der Waals surface area contributed by atoms with E-state index in [1.165, 1.54) is 24.3 Å². The van der Waals surface area contributed by atoms with Crippen LogP contribution in [0.25, 0.3) is 0 Å². The molecular formula is C42H50Cl2O10. The van der Waals surface area contributed by atoms with Gasteiger partial charge in [-0.25, -0.2) is 0 Å². The van der Waals surface area contributed by atoms with E-state index in [1.807, 2.05) is 52.0 Å². The van der Waals surface area contributed by atoms with Crippen molar-refractivity contribution in [1.82, 2.24) is 0 Å². The molecule has 0 spiro atoms. The van der Waals surface area contributed by atoms with Crippen LogP contribution < -0.4 is 0 Å². The maximum atomic E-state index is 12.4. The van der Waals surface area contributed by atoms with Gasteiger partial charge in [0, 0.05) is 43.6 Å². The SMILES string of the molecule is C[C@]12C=CC(=O)C=C1C(Cl)=C[C@@H]1[C@@H]2[C@@H](O)C[C@@]2(C)[C@H]1CC[C@]2(O)C(=O)CO.C[C@]12C=CC(=O)C=C1C(Cl)=C[C@@H]1[C@@H]2[C@@H](O)C[C@@]2(C)[C@H]1CC[C@]2(O)C(=O)CO. The first kappa shape index (κ1) is 39.7. The molecule has 0 aromatic heterocycles. The summed E-state index contributed by atoms with van der Waals surface area (Å²) in [5.41, 5.74) is -4.68. The van der Waals surface area contributed by atoms with Crippen molar-refractivity contribution in [2.24, 2.45) is 57.2 Å². The Morgan fingerprint density at radius 2 is 1.04 bits per heavy atom. The molecular weight excluding hydrogens is 735 g/mol. The van der Waals surface area contributed by atoms with Crippen molar-refractivity contribution in [1.29, 1.82) is 0 Å². The van der Waals surface area contributed by atoms with Gasteiger partial charge in [-0.15, -0.1) is 0 Å². The van der Waals surface area contributed by atoms with Gasteiger partial charge in [-0.2, -0.15) is 0 Å². The Kier molecular flexibility index (Phi) is 9.55. The highest BCUT2D eigenvalue weighted by atomic mass is 35.5. The second-order valence-electron chi connectivity index (χ2n) is 17.9. The number of allylic oxidation sites excluding steroid dienone is 12. The zero-order valence-electron chi connectivity index (χ0n) is 31.0. The average Bonchev–Trinajstić information content (AvgIpc) is 3.54. The lowest BCUT2D eigenvalue weighted by molar-refractivity contribution is -0.172. The van der Waals surface area contributed by atoms with Gasteiger partial charge < -0.3 is 30.6 Å². The average molecular weight is 786 g/mol. The van der Waals surface area contributed by atoms with E-state index in [-0.39, 0.29) is 72.8 Å². The van der Waals surface area contributed by atoms with Crippen molar-refractivity contribution in [2.75, 3.05) is 13.2 Å². The van der Waals surface area contributed by atoms with Crippen LogP contribution in [0.15, 0.2) is 69.8 Å².